The van der Waals surface area contributed by atoms with Crippen LogP contribution in [-0.2, 0) is 12.8 Å². The Bertz CT molecular complexity index is 561. The molecule has 0 radical (unpaired) electrons. The lowest BCUT2D eigenvalue weighted by Crippen LogP contribution is -2.38. The van der Waals surface area contributed by atoms with Crippen molar-refractivity contribution in [1.82, 2.24) is 5.43 Å². The van der Waals surface area contributed by atoms with Crippen molar-refractivity contribution in [3.05, 3.63) is 55.4 Å². The van der Waals surface area contributed by atoms with Crippen LogP contribution in [0.4, 0.5) is 4.39 Å². The molecule has 1 unspecified atom stereocenters. The van der Waals surface area contributed by atoms with Crippen molar-refractivity contribution in [3.63, 3.8) is 0 Å². The highest BCUT2D eigenvalue weighted by Gasteiger charge is 2.14. The summed E-state index contributed by atoms with van der Waals surface area (Å²) >= 11 is 10.8. The van der Waals surface area contributed by atoms with Crippen LogP contribution in [0.1, 0.15) is 10.4 Å². The summed E-state index contributed by atoms with van der Waals surface area (Å²) < 4.78 is 14.9. The monoisotopic (exact) mass is 362 g/mol. The Balaban J connectivity index is 2.08. The molecule has 1 heterocycles. The van der Waals surface area contributed by atoms with Crippen LogP contribution in [0.2, 0.25) is 5.02 Å². The number of hydrazine groups is 1. The molecular formula is C13H13BrClFN2S. The topological polar surface area (TPSA) is 38.0 Å². The molecule has 0 bridgehead atoms. The van der Waals surface area contributed by atoms with Crippen LogP contribution >= 0.6 is 38.9 Å². The van der Waals surface area contributed by atoms with Crippen molar-refractivity contribution in [2.24, 2.45) is 5.84 Å². The van der Waals surface area contributed by atoms with Gasteiger partial charge in [0.25, 0.3) is 0 Å². The summed E-state index contributed by atoms with van der Waals surface area (Å²) in [6, 6.07) is 7.04. The van der Waals surface area contributed by atoms with Gasteiger partial charge < -0.3 is 0 Å². The maximum absolute atomic E-state index is 13.8. The highest BCUT2D eigenvalue weighted by Crippen LogP contribution is 2.23. The predicted molar refractivity (Wildman–Crippen MR) is 81.9 cm³/mol. The van der Waals surface area contributed by atoms with E-state index in [4.69, 9.17) is 17.4 Å². The number of thiophene rings is 1. The zero-order chi connectivity index (χ0) is 13.8. The third-order valence-electron chi connectivity index (χ3n) is 2.80. The Kier molecular flexibility index (Phi) is 5.36. The van der Waals surface area contributed by atoms with Crippen molar-refractivity contribution in [2.75, 3.05) is 0 Å². The van der Waals surface area contributed by atoms with Gasteiger partial charge in [0.2, 0.25) is 0 Å². The Hall–Kier alpha value is -0.460. The lowest BCUT2D eigenvalue weighted by atomic mass is 10.0. The molecule has 6 heteroatoms. The second-order valence-electron chi connectivity index (χ2n) is 4.22. The number of hydrogen-bond acceptors (Lipinski definition) is 3. The van der Waals surface area contributed by atoms with Crippen molar-refractivity contribution < 1.29 is 4.39 Å². The molecule has 2 aromatic rings. The fourth-order valence-electron chi connectivity index (χ4n) is 1.87. The molecule has 0 spiro atoms. The summed E-state index contributed by atoms with van der Waals surface area (Å²) in [4.78, 5) is 1.19. The van der Waals surface area contributed by atoms with Gasteiger partial charge in [-0.05, 0) is 46.5 Å². The molecule has 0 saturated carbocycles. The fraction of sp³-hybridized carbons (Fsp3) is 0.231. The van der Waals surface area contributed by atoms with Crippen LogP contribution in [-0.4, -0.2) is 6.04 Å². The normalized spacial score (nSPS) is 12.6. The SMILES string of the molecule is NNC(Cc1cc(Br)cs1)Cc1cccc(Cl)c1F. The first-order chi connectivity index (χ1) is 9.10. The van der Waals surface area contributed by atoms with Crippen LogP contribution in [0.3, 0.4) is 0 Å². The lowest BCUT2D eigenvalue weighted by Gasteiger charge is -2.15. The second kappa shape index (κ2) is 6.81. The summed E-state index contributed by atoms with van der Waals surface area (Å²) in [6.45, 7) is 0. The Morgan fingerprint density at radius 1 is 1.42 bits per heavy atom. The summed E-state index contributed by atoms with van der Waals surface area (Å²) in [5.74, 6) is 5.19. The molecule has 0 fully saturated rings. The van der Waals surface area contributed by atoms with Crippen LogP contribution < -0.4 is 11.3 Å². The maximum atomic E-state index is 13.8. The molecule has 0 saturated heterocycles. The minimum atomic E-state index is -0.364. The van der Waals surface area contributed by atoms with Gasteiger partial charge in [-0.25, -0.2) is 4.39 Å². The van der Waals surface area contributed by atoms with E-state index in [-0.39, 0.29) is 16.9 Å². The Labute approximate surface area is 128 Å². The number of benzene rings is 1. The van der Waals surface area contributed by atoms with E-state index < -0.39 is 0 Å². The van der Waals surface area contributed by atoms with Gasteiger partial charge in [-0.2, -0.15) is 0 Å². The number of rotatable bonds is 5. The van der Waals surface area contributed by atoms with E-state index in [2.05, 4.69) is 21.4 Å². The molecule has 2 nitrogen and oxygen atoms in total. The largest absolute Gasteiger partial charge is 0.271 e. The minimum Gasteiger partial charge on any atom is -0.271 e. The molecule has 1 aromatic carbocycles. The molecule has 1 aromatic heterocycles. The number of nitrogens with two attached hydrogens (primary N) is 1. The molecule has 0 amide bonds. The van der Waals surface area contributed by atoms with E-state index in [1.807, 2.05) is 11.4 Å². The highest BCUT2D eigenvalue weighted by atomic mass is 79.9. The van der Waals surface area contributed by atoms with Gasteiger partial charge in [0.1, 0.15) is 5.82 Å². The first-order valence-corrected chi connectivity index (χ1v) is 7.77. The number of nitrogens with one attached hydrogen (secondary N) is 1. The smallest absolute Gasteiger partial charge is 0.145 e. The summed E-state index contributed by atoms with van der Waals surface area (Å²) in [5.41, 5.74) is 3.31. The molecular weight excluding hydrogens is 351 g/mol. The molecule has 0 aliphatic heterocycles. The molecule has 1 atom stereocenters. The summed E-state index contributed by atoms with van der Waals surface area (Å²) in [7, 11) is 0. The summed E-state index contributed by atoms with van der Waals surface area (Å²) in [5, 5.41) is 2.16. The number of halogens is 3. The lowest BCUT2D eigenvalue weighted by molar-refractivity contribution is 0.509. The molecule has 3 N–H and O–H groups in total. The van der Waals surface area contributed by atoms with Gasteiger partial charge >= 0.3 is 0 Å². The molecule has 2 rings (SSSR count). The van der Waals surface area contributed by atoms with E-state index in [1.54, 1.807) is 29.5 Å². The van der Waals surface area contributed by atoms with Gasteiger partial charge in [-0.3, -0.25) is 11.3 Å². The van der Waals surface area contributed by atoms with E-state index in [0.717, 1.165) is 10.9 Å². The zero-order valence-corrected chi connectivity index (χ0v) is 13.2. The van der Waals surface area contributed by atoms with Gasteiger partial charge in [-0.1, -0.05) is 23.7 Å². The average molecular weight is 364 g/mol. The fourth-order valence-corrected chi connectivity index (χ4v) is 3.59. The third-order valence-corrected chi connectivity index (χ3v) is 4.81. The van der Waals surface area contributed by atoms with Gasteiger partial charge in [0, 0.05) is 20.8 Å². The standard InChI is InChI=1S/C13H13BrClFN2S/c14-9-5-11(19-7-9)6-10(18-17)4-8-2-1-3-12(15)13(8)16/h1-3,5,7,10,18H,4,6,17H2. The van der Waals surface area contributed by atoms with E-state index in [9.17, 15) is 4.39 Å². The van der Waals surface area contributed by atoms with E-state index in [0.29, 0.717) is 12.0 Å². The minimum absolute atomic E-state index is 0.0292. The van der Waals surface area contributed by atoms with Crippen LogP contribution in [0.25, 0.3) is 0 Å². The molecule has 19 heavy (non-hydrogen) atoms. The molecule has 102 valence electrons. The van der Waals surface area contributed by atoms with Crippen molar-refractivity contribution in [3.8, 4) is 0 Å². The van der Waals surface area contributed by atoms with Crippen molar-refractivity contribution >= 4 is 38.9 Å². The van der Waals surface area contributed by atoms with Gasteiger partial charge in [-0.15, -0.1) is 11.3 Å². The van der Waals surface area contributed by atoms with Gasteiger partial charge in [0.05, 0.1) is 5.02 Å². The van der Waals surface area contributed by atoms with Crippen LogP contribution in [0.15, 0.2) is 34.1 Å². The third kappa shape index (κ3) is 4.00. The second-order valence-corrected chi connectivity index (χ2v) is 6.53. The predicted octanol–water partition coefficient (Wildman–Crippen LogP) is 3.92. The first kappa shape index (κ1) is 14.9. The molecule has 0 aliphatic carbocycles. The van der Waals surface area contributed by atoms with Crippen LogP contribution in [0.5, 0.6) is 0 Å². The average Bonchev–Trinajstić information content (AvgIpc) is 2.79. The maximum Gasteiger partial charge on any atom is 0.145 e. The Morgan fingerprint density at radius 3 is 2.84 bits per heavy atom. The van der Waals surface area contributed by atoms with Crippen LogP contribution in [0, 0.1) is 5.82 Å². The van der Waals surface area contributed by atoms with Gasteiger partial charge in [0.15, 0.2) is 0 Å². The quantitative estimate of drug-likeness (QED) is 0.624. The van der Waals surface area contributed by atoms with Crippen molar-refractivity contribution in [1.29, 1.82) is 0 Å². The van der Waals surface area contributed by atoms with Crippen molar-refractivity contribution in [2.45, 2.75) is 18.9 Å². The Morgan fingerprint density at radius 2 is 2.21 bits per heavy atom. The van der Waals surface area contributed by atoms with E-state index >= 15 is 0 Å². The number of hydrogen-bond donors (Lipinski definition) is 2. The summed E-state index contributed by atoms with van der Waals surface area (Å²) in [6.07, 6.45) is 1.25. The first-order valence-electron chi connectivity index (χ1n) is 5.72. The highest BCUT2D eigenvalue weighted by molar-refractivity contribution is 9.10. The molecule has 0 aliphatic rings. The zero-order valence-electron chi connectivity index (χ0n) is 10.00. The van der Waals surface area contributed by atoms with E-state index in [1.165, 1.54) is 4.88 Å².